The van der Waals surface area contributed by atoms with Gasteiger partial charge in [-0.2, -0.15) is 0 Å². The molecule has 0 aromatic heterocycles. The molecule has 0 bridgehead atoms. The van der Waals surface area contributed by atoms with Crippen molar-refractivity contribution < 1.29 is 0 Å². The van der Waals surface area contributed by atoms with Gasteiger partial charge in [-0.1, -0.05) is 0 Å². The van der Waals surface area contributed by atoms with Crippen molar-refractivity contribution in [1.82, 2.24) is 0 Å². The average molecular weight is 227 g/mol. The fourth-order valence-corrected chi connectivity index (χ4v) is 1.17. The lowest BCUT2D eigenvalue weighted by molar-refractivity contribution is 1.62. The van der Waals surface area contributed by atoms with Gasteiger partial charge in [0.1, 0.15) is 3.70 Å². The lowest BCUT2D eigenvalue weighted by Crippen LogP contribution is -1.53. The van der Waals surface area contributed by atoms with Crippen molar-refractivity contribution in [3.8, 4) is 0 Å². The highest BCUT2D eigenvalue weighted by Crippen LogP contribution is 2.10. The highest BCUT2D eigenvalue weighted by atomic mass is 127. The molecule has 0 amide bonds. The van der Waals surface area contributed by atoms with Crippen LogP contribution < -0.4 is 0 Å². The first kappa shape index (κ1) is 7.49. The lowest BCUT2D eigenvalue weighted by atomic mass is 11.0. The topological polar surface area (TPSA) is 12.4 Å². The van der Waals surface area contributed by atoms with Crippen molar-refractivity contribution in [3.63, 3.8) is 0 Å². The molecule has 0 unspecified atom stereocenters. The minimum absolute atomic E-state index is 0.949. The molecule has 0 fully saturated rings. The molecule has 0 rings (SSSR count). The molecule has 3 heteroatoms. The summed E-state index contributed by atoms with van der Waals surface area (Å²) in [6, 6.07) is 0. The second kappa shape index (κ2) is 4.64. The van der Waals surface area contributed by atoms with Crippen molar-refractivity contribution in [1.29, 1.82) is 0 Å². The molecule has 0 radical (unpaired) electrons. The highest BCUT2D eigenvalue weighted by molar-refractivity contribution is 14.1. The summed E-state index contributed by atoms with van der Waals surface area (Å²) >= 11 is 3.75. The number of thioether (sulfide) groups is 1. The van der Waals surface area contributed by atoms with E-state index in [1.54, 1.807) is 11.8 Å². The second-order valence-corrected chi connectivity index (χ2v) is 2.65. The molecule has 0 atom stereocenters. The first-order valence-electron chi connectivity index (χ1n) is 1.66. The van der Waals surface area contributed by atoms with E-state index in [2.05, 4.69) is 34.3 Å². The number of hydrogen-bond donors (Lipinski definition) is 0. The van der Waals surface area contributed by atoms with E-state index in [1.165, 1.54) is 0 Å². The normalized spacial score (nSPS) is 11.4. The summed E-state index contributed by atoms with van der Waals surface area (Å²) in [5, 5.41) is 1.94. The predicted octanol–water partition coefficient (Wildman–Crippen LogP) is 2.28. The minimum Gasteiger partial charge on any atom is -0.258 e. The molecule has 0 aliphatic rings. The van der Waals surface area contributed by atoms with Gasteiger partial charge in [0.25, 0.3) is 0 Å². The summed E-state index contributed by atoms with van der Waals surface area (Å²) in [4.78, 5) is 3.66. The van der Waals surface area contributed by atoms with Crippen molar-refractivity contribution in [2.45, 2.75) is 0 Å². The van der Waals surface area contributed by atoms with Crippen LogP contribution in [-0.2, 0) is 0 Å². The van der Waals surface area contributed by atoms with E-state index in [9.17, 15) is 0 Å². The molecule has 0 aliphatic carbocycles. The molecule has 0 aromatic rings. The maximum absolute atomic E-state index is 3.66. The van der Waals surface area contributed by atoms with Crippen molar-refractivity contribution in [2.75, 3.05) is 6.26 Å². The quantitative estimate of drug-likeness (QED) is 0.400. The van der Waals surface area contributed by atoms with Crippen LogP contribution in [0.3, 0.4) is 0 Å². The zero-order chi connectivity index (χ0) is 5.70. The van der Waals surface area contributed by atoms with Gasteiger partial charge < -0.3 is 0 Å². The molecule has 1 nitrogen and oxygen atoms in total. The van der Waals surface area contributed by atoms with E-state index >= 15 is 0 Å². The zero-order valence-corrected chi connectivity index (χ0v) is 6.99. The first-order valence-corrected chi connectivity index (χ1v) is 4.03. The molecule has 0 aliphatic heterocycles. The fraction of sp³-hybridized carbons (Fsp3) is 0.250. The summed E-state index contributed by atoms with van der Waals surface area (Å²) in [6.45, 7) is 3.34. The van der Waals surface area contributed by atoms with E-state index < -0.39 is 0 Å². The van der Waals surface area contributed by atoms with Gasteiger partial charge in [0, 0.05) is 5.41 Å². The summed E-state index contributed by atoms with van der Waals surface area (Å²) in [5.41, 5.74) is 0. The Morgan fingerprint density at radius 1 is 2.00 bits per heavy atom. The molecular weight excluding hydrogens is 221 g/mol. The summed E-state index contributed by atoms with van der Waals surface area (Å²) < 4.78 is 0.949. The zero-order valence-electron chi connectivity index (χ0n) is 4.02. The Bertz CT molecular complexity index is 89.7. The molecule has 0 saturated carbocycles. The Kier molecular flexibility index (Phi) is 4.97. The Balaban J connectivity index is 3.49. The van der Waals surface area contributed by atoms with Crippen LogP contribution >= 0.6 is 34.4 Å². The van der Waals surface area contributed by atoms with Crippen LogP contribution in [0.15, 0.2) is 14.1 Å². The Labute approximate surface area is 61.4 Å². The van der Waals surface area contributed by atoms with E-state index in [1.807, 2.05) is 11.7 Å². The average Bonchev–Trinajstić information content (AvgIpc) is 1.68. The van der Waals surface area contributed by atoms with Crippen LogP contribution in [-0.4, -0.2) is 13.0 Å². The van der Waals surface area contributed by atoms with Gasteiger partial charge in [0.15, 0.2) is 0 Å². The number of hydrogen-bond acceptors (Lipinski definition) is 2. The van der Waals surface area contributed by atoms with Crippen molar-refractivity contribution >= 4 is 41.1 Å². The van der Waals surface area contributed by atoms with Crippen molar-refractivity contribution in [3.05, 3.63) is 9.11 Å². The smallest absolute Gasteiger partial charge is 0.106 e. The number of aliphatic imine (C=N–C) groups is 1. The SMILES string of the molecule is C=N/C(I)=C\SC. The standard InChI is InChI=1S/C4H6INS/c1-6-4(5)3-7-2/h3H,1H2,2H3/b4-3-. The number of halogens is 1. The molecular formula is C4H6INS. The van der Waals surface area contributed by atoms with Crippen LogP contribution in [0.5, 0.6) is 0 Å². The Morgan fingerprint density at radius 2 is 2.57 bits per heavy atom. The minimum atomic E-state index is 0.949. The molecule has 0 aromatic carbocycles. The van der Waals surface area contributed by atoms with Gasteiger partial charge in [-0.05, 0) is 35.6 Å². The van der Waals surface area contributed by atoms with Gasteiger partial charge in [-0.25, -0.2) is 0 Å². The number of nitrogens with zero attached hydrogens (tertiary/aromatic N) is 1. The molecule has 0 saturated heterocycles. The number of rotatable bonds is 2. The largest absolute Gasteiger partial charge is 0.258 e. The Hall–Kier alpha value is 0.490. The molecule has 0 N–H and O–H groups in total. The van der Waals surface area contributed by atoms with Crippen LogP contribution in [0, 0.1) is 0 Å². The van der Waals surface area contributed by atoms with Crippen LogP contribution in [0.2, 0.25) is 0 Å². The van der Waals surface area contributed by atoms with Gasteiger partial charge >= 0.3 is 0 Å². The van der Waals surface area contributed by atoms with Crippen molar-refractivity contribution in [2.24, 2.45) is 4.99 Å². The second-order valence-electron chi connectivity index (χ2n) is 0.834. The fourth-order valence-electron chi connectivity index (χ4n) is 0.135. The maximum Gasteiger partial charge on any atom is 0.106 e. The van der Waals surface area contributed by atoms with Crippen LogP contribution in [0.25, 0.3) is 0 Å². The van der Waals surface area contributed by atoms with E-state index in [0.29, 0.717) is 0 Å². The monoisotopic (exact) mass is 227 g/mol. The molecule has 7 heavy (non-hydrogen) atoms. The third kappa shape index (κ3) is 4.34. The molecule has 0 heterocycles. The van der Waals surface area contributed by atoms with Gasteiger partial charge in [0.2, 0.25) is 0 Å². The van der Waals surface area contributed by atoms with E-state index in [-0.39, 0.29) is 0 Å². The Morgan fingerprint density at radius 3 is 2.71 bits per heavy atom. The third-order valence-electron chi connectivity index (χ3n) is 0.366. The van der Waals surface area contributed by atoms with Crippen LogP contribution in [0.1, 0.15) is 0 Å². The molecule has 0 spiro atoms. The summed E-state index contributed by atoms with van der Waals surface area (Å²) in [5.74, 6) is 0. The molecule has 40 valence electrons. The van der Waals surface area contributed by atoms with Gasteiger partial charge in [-0.15, -0.1) is 11.8 Å². The summed E-state index contributed by atoms with van der Waals surface area (Å²) in [6.07, 6.45) is 1.99. The summed E-state index contributed by atoms with van der Waals surface area (Å²) in [7, 11) is 0. The lowest BCUT2D eigenvalue weighted by Gasteiger charge is -1.80. The van der Waals surface area contributed by atoms with E-state index in [0.717, 1.165) is 3.70 Å². The first-order chi connectivity index (χ1) is 3.31. The predicted molar refractivity (Wildman–Crippen MR) is 45.2 cm³/mol. The highest BCUT2D eigenvalue weighted by Gasteiger charge is 1.76. The van der Waals surface area contributed by atoms with E-state index in [4.69, 9.17) is 0 Å². The van der Waals surface area contributed by atoms with Crippen LogP contribution in [0.4, 0.5) is 0 Å². The maximum atomic E-state index is 3.66. The third-order valence-corrected chi connectivity index (χ3v) is 1.90. The van der Waals surface area contributed by atoms with Gasteiger partial charge in [0.05, 0.1) is 0 Å². The van der Waals surface area contributed by atoms with Gasteiger partial charge in [-0.3, -0.25) is 4.99 Å².